The summed E-state index contributed by atoms with van der Waals surface area (Å²) in [7, 11) is 0. The summed E-state index contributed by atoms with van der Waals surface area (Å²) in [6.07, 6.45) is 9.11. The summed E-state index contributed by atoms with van der Waals surface area (Å²) in [5.74, 6) is 2.22. The lowest BCUT2D eigenvalue weighted by Crippen LogP contribution is -2.26. The number of aromatic amines is 1. The van der Waals surface area contributed by atoms with Crippen LogP contribution in [0.5, 0.6) is 5.75 Å². The number of alkyl halides is 2. The third-order valence-corrected chi connectivity index (χ3v) is 9.67. The van der Waals surface area contributed by atoms with Crippen molar-refractivity contribution in [2.24, 2.45) is 0 Å². The van der Waals surface area contributed by atoms with E-state index in [0.29, 0.717) is 41.1 Å². The van der Waals surface area contributed by atoms with Gasteiger partial charge in [0.25, 0.3) is 0 Å². The van der Waals surface area contributed by atoms with Crippen LogP contribution in [0.2, 0.25) is 0 Å². The highest BCUT2D eigenvalue weighted by Crippen LogP contribution is 2.39. The Morgan fingerprint density at radius 3 is 2.36 bits per heavy atom. The van der Waals surface area contributed by atoms with E-state index in [1.54, 1.807) is 6.07 Å². The number of halogens is 2. The molecular formula is C36H38F2N4O2. The summed E-state index contributed by atoms with van der Waals surface area (Å²) >= 11 is 0. The minimum absolute atomic E-state index is 0.141. The lowest BCUT2D eigenvalue weighted by molar-refractivity contribution is -0.0507. The monoisotopic (exact) mass is 596 g/mol. The molecule has 0 radical (unpaired) electrons. The maximum atomic E-state index is 13.4. The molecule has 0 spiro atoms. The van der Waals surface area contributed by atoms with Crippen molar-refractivity contribution in [3.63, 3.8) is 0 Å². The van der Waals surface area contributed by atoms with Crippen LogP contribution in [0, 0.1) is 13.8 Å². The standard InChI is InChI=1S/C36H38F2N4O2/c1-21-9-8-16-42(21)20-25-17-30-33(18-32(25)44-36(37)38)43-35(41-30)29-15-7-13-27(23(29)3)26-12-6-14-28(22(26)2)31-19-39-34(40-31)24-10-4-5-11-24/h6-7,12-15,17-19,21,24,36H,4-5,8-11,16,20H2,1-3H3,(H,39,40)/t21-/m1/s1. The normalized spacial score (nSPS) is 17.8. The zero-order valence-electron chi connectivity index (χ0n) is 25.5. The average Bonchev–Trinajstić information content (AvgIpc) is 3.82. The average molecular weight is 597 g/mol. The second kappa shape index (κ2) is 11.8. The van der Waals surface area contributed by atoms with E-state index in [9.17, 15) is 8.78 Å². The second-order valence-corrected chi connectivity index (χ2v) is 12.4. The van der Waals surface area contributed by atoms with Crippen LogP contribution < -0.4 is 4.74 Å². The highest BCUT2D eigenvalue weighted by atomic mass is 19.3. The zero-order chi connectivity index (χ0) is 30.4. The first-order chi connectivity index (χ1) is 21.4. The summed E-state index contributed by atoms with van der Waals surface area (Å²) in [5.41, 5.74) is 9.20. The van der Waals surface area contributed by atoms with Crippen molar-refractivity contribution in [3.05, 3.63) is 77.2 Å². The molecule has 6 nitrogen and oxygen atoms in total. The van der Waals surface area contributed by atoms with Gasteiger partial charge >= 0.3 is 6.61 Å². The molecule has 2 fully saturated rings. The molecular weight excluding hydrogens is 558 g/mol. The molecule has 2 aromatic heterocycles. The predicted octanol–water partition coefficient (Wildman–Crippen LogP) is 9.41. The summed E-state index contributed by atoms with van der Waals surface area (Å²) in [6.45, 7) is 4.95. The molecule has 8 heteroatoms. The minimum atomic E-state index is -2.92. The van der Waals surface area contributed by atoms with Crippen molar-refractivity contribution in [1.82, 2.24) is 19.9 Å². The summed E-state index contributed by atoms with van der Waals surface area (Å²) in [4.78, 5) is 15.5. The van der Waals surface area contributed by atoms with Gasteiger partial charge in [0.05, 0.1) is 11.9 Å². The number of oxazole rings is 1. The third-order valence-electron chi connectivity index (χ3n) is 9.67. The number of aromatic nitrogens is 3. The van der Waals surface area contributed by atoms with Gasteiger partial charge in [0.1, 0.15) is 17.1 Å². The quantitative estimate of drug-likeness (QED) is 0.193. The van der Waals surface area contributed by atoms with Gasteiger partial charge < -0.3 is 14.1 Å². The van der Waals surface area contributed by atoms with E-state index in [4.69, 9.17) is 19.1 Å². The molecule has 1 N–H and O–H groups in total. The van der Waals surface area contributed by atoms with E-state index in [1.165, 1.54) is 31.2 Å². The van der Waals surface area contributed by atoms with Crippen LogP contribution in [0.4, 0.5) is 8.78 Å². The molecule has 44 heavy (non-hydrogen) atoms. The van der Waals surface area contributed by atoms with E-state index < -0.39 is 6.61 Å². The number of hydrogen-bond donors (Lipinski definition) is 1. The third kappa shape index (κ3) is 5.40. The molecule has 7 rings (SSSR count). The van der Waals surface area contributed by atoms with Gasteiger partial charge in [-0.05, 0) is 87.4 Å². The van der Waals surface area contributed by atoms with Gasteiger partial charge in [-0.15, -0.1) is 0 Å². The van der Waals surface area contributed by atoms with Gasteiger partial charge in [0, 0.05) is 41.3 Å². The highest BCUT2D eigenvalue weighted by molar-refractivity contribution is 5.84. The van der Waals surface area contributed by atoms with Gasteiger partial charge in [-0.3, -0.25) is 4.90 Å². The Balaban J connectivity index is 1.24. The van der Waals surface area contributed by atoms with E-state index in [0.717, 1.165) is 58.7 Å². The van der Waals surface area contributed by atoms with Gasteiger partial charge in [-0.1, -0.05) is 43.2 Å². The molecule has 3 aromatic carbocycles. The molecule has 0 amide bonds. The van der Waals surface area contributed by atoms with E-state index in [1.807, 2.05) is 24.4 Å². The predicted molar refractivity (Wildman–Crippen MR) is 169 cm³/mol. The lowest BCUT2D eigenvalue weighted by Gasteiger charge is -2.22. The van der Waals surface area contributed by atoms with Gasteiger partial charge in [0.2, 0.25) is 5.89 Å². The van der Waals surface area contributed by atoms with Gasteiger partial charge in [-0.2, -0.15) is 8.78 Å². The number of imidazole rings is 1. The molecule has 0 bridgehead atoms. The summed E-state index contributed by atoms with van der Waals surface area (Å²) in [5, 5.41) is 0. The first-order valence-corrected chi connectivity index (χ1v) is 15.7. The maximum Gasteiger partial charge on any atom is 0.387 e. The Hall–Kier alpha value is -4.04. The Kier molecular flexibility index (Phi) is 7.70. The van der Waals surface area contributed by atoms with Crippen LogP contribution in [-0.4, -0.2) is 39.0 Å². The Labute approximate surface area is 256 Å². The number of ether oxygens (including phenoxy) is 1. The number of H-pyrrole nitrogens is 1. The number of nitrogens with one attached hydrogen (secondary N) is 1. The summed E-state index contributed by atoms with van der Waals surface area (Å²) in [6, 6.07) is 16.3. The molecule has 3 heterocycles. The molecule has 2 aliphatic rings. The van der Waals surface area contributed by atoms with Crippen molar-refractivity contribution >= 4 is 11.1 Å². The van der Waals surface area contributed by atoms with E-state index >= 15 is 0 Å². The Morgan fingerprint density at radius 1 is 0.955 bits per heavy atom. The minimum Gasteiger partial charge on any atom is -0.436 e. The molecule has 0 unspecified atom stereocenters. The van der Waals surface area contributed by atoms with E-state index in [2.05, 4.69) is 54.9 Å². The molecule has 1 saturated heterocycles. The van der Waals surface area contributed by atoms with Crippen LogP contribution in [0.15, 0.2) is 59.1 Å². The molecule has 1 saturated carbocycles. The Morgan fingerprint density at radius 2 is 1.66 bits per heavy atom. The largest absolute Gasteiger partial charge is 0.436 e. The SMILES string of the molecule is Cc1c(-c2cnc(C3CCCC3)[nH]2)cccc1-c1cccc(-c2nc3cc(CN4CCC[C@H]4C)c(OC(F)F)cc3o2)c1C. The van der Waals surface area contributed by atoms with Crippen molar-refractivity contribution in [1.29, 1.82) is 0 Å². The molecule has 1 aliphatic carbocycles. The fourth-order valence-electron chi connectivity index (χ4n) is 7.15. The fourth-order valence-corrected chi connectivity index (χ4v) is 7.15. The lowest BCUT2D eigenvalue weighted by atomic mass is 9.91. The van der Waals surface area contributed by atoms with Crippen molar-refractivity contribution in [3.8, 4) is 39.6 Å². The first kappa shape index (κ1) is 28.7. The van der Waals surface area contributed by atoms with Crippen molar-refractivity contribution in [2.75, 3.05) is 6.54 Å². The highest BCUT2D eigenvalue weighted by Gasteiger charge is 2.25. The van der Waals surface area contributed by atoms with Crippen LogP contribution in [0.25, 0.3) is 44.9 Å². The molecule has 1 atom stereocenters. The number of nitrogens with zero attached hydrogens (tertiary/aromatic N) is 3. The molecule has 228 valence electrons. The van der Waals surface area contributed by atoms with Crippen LogP contribution in [0.1, 0.15) is 73.9 Å². The topological polar surface area (TPSA) is 67.2 Å². The van der Waals surface area contributed by atoms with E-state index in [-0.39, 0.29) is 5.75 Å². The molecule has 1 aliphatic heterocycles. The zero-order valence-corrected chi connectivity index (χ0v) is 25.5. The van der Waals surface area contributed by atoms with Crippen LogP contribution >= 0.6 is 0 Å². The number of hydrogen-bond acceptors (Lipinski definition) is 5. The van der Waals surface area contributed by atoms with Gasteiger partial charge in [-0.25, -0.2) is 9.97 Å². The van der Waals surface area contributed by atoms with Gasteiger partial charge in [0.15, 0.2) is 5.58 Å². The fraction of sp³-hybridized carbons (Fsp3) is 0.389. The van der Waals surface area contributed by atoms with Crippen molar-refractivity contribution < 1.29 is 17.9 Å². The van der Waals surface area contributed by atoms with Crippen LogP contribution in [0.3, 0.4) is 0 Å². The number of fused-ring (bicyclic) bond motifs is 1. The number of rotatable bonds is 8. The van der Waals surface area contributed by atoms with Crippen molar-refractivity contribution in [2.45, 2.75) is 84.4 Å². The molecule has 5 aromatic rings. The number of likely N-dealkylation sites (tertiary alicyclic amines) is 1. The second-order valence-electron chi connectivity index (χ2n) is 12.4. The number of benzene rings is 3. The smallest absolute Gasteiger partial charge is 0.387 e. The van der Waals surface area contributed by atoms with Crippen LogP contribution in [-0.2, 0) is 6.54 Å². The summed E-state index contributed by atoms with van der Waals surface area (Å²) < 4.78 is 37.9. The Bertz CT molecular complexity index is 1800. The first-order valence-electron chi connectivity index (χ1n) is 15.7. The maximum absolute atomic E-state index is 13.4.